The molecule has 6 heteroatoms. The molecular weight excluding hydrogens is 336 g/mol. The average Bonchev–Trinajstić information content (AvgIpc) is 2.76. The van der Waals surface area contributed by atoms with Gasteiger partial charge in [-0.05, 0) is 30.9 Å². The molecule has 4 unspecified atom stereocenters. The summed E-state index contributed by atoms with van der Waals surface area (Å²) in [7, 11) is 0. The van der Waals surface area contributed by atoms with E-state index in [0.29, 0.717) is 12.0 Å². The lowest BCUT2D eigenvalue weighted by Crippen LogP contribution is -2.40. The number of carbonyl (C=O) groups excluding carboxylic acids is 3. The van der Waals surface area contributed by atoms with Crippen LogP contribution in [-0.2, 0) is 19.1 Å². The van der Waals surface area contributed by atoms with E-state index >= 15 is 0 Å². The maximum absolute atomic E-state index is 12.7. The van der Waals surface area contributed by atoms with Gasteiger partial charge in [-0.15, -0.1) is 0 Å². The Balaban J connectivity index is 1.98. The number of rotatable bonds is 1. The fourth-order valence-corrected chi connectivity index (χ4v) is 4.57. The molecule has 0 aromatic rings. The third kappa shape index (κ3) is 1.93. The number of esters is 1. The van der Waals surface area contributed by atoms with Crippen LogP contribution in [0.15, 0.2) is 46.3 Å². The first-order valence-electron chi connectivity index (χ1n) is 8.72. The number of ketones is 2. The molecule has 4 atom stereocenters. The molecule has 4 rings (SSSR count). The van der Waals surface area contributed by atoms with Gasteiger partial charge in [-0.25, -0.2) is 0 Å². The fraction of sp³-hybridized carbons (Fsp3) is 0.450. The van der Waals surface area contributed by atoms with Crippen molar-refractivity contribution in [3.63, 3.8) is 0 Å². The summed E-state index contributed by atoms with van der Waals surface area (Å²) < 4.78 is 5.50. The Bertz CT molecular complexity index is 884. The third-order valence-electron chi connectivity index (χ3n) is 5.93. The SMILES string of the molecule is CC(C)C1=C(O)C2=C(C=C3C=CCC4(C)C(=O)OC(C2O)C34)C(=O)C1=O. The topological polar surface area (TPSA) is 101 Å². The maximum Gasteiger partial charge on any atom is 0.313 e. The number of aliphatic hydroxyl groups is 2. The van der Waals surface area contributed by atoms with E-state index in [0.717, 1.165) is 0 Å². The quantitative estimate of drug-likeness (QED) is 0.421. The van der Waals surface area contributed by atoms with Crippen molar-refractivity contribution in [1.29, 1.82) is 0 Å². The van der Waals surface area contributed by atoms with Crippen LogP contribution in [0.1, 0.15) is 27.2 Å². The highest BCUT2D eigenvalue weighted by Gasteiger charge is 2.60. The van der Waals surface area contributed by atoms with Gasteiger partial charge in [0.25, 0.3) is 0 Å². The first-order valence-corrected chi connectivity index (χ1v) is 8.72. The van der Waals surface area contributed by atoms with E-state index in [4.69, 9.17) is 4.74 Å². The molecule has 1 aliphatic heterocycles. The molecule has 6 nitrogen and oxygen atoms in total. The van der Waals surface area contributed by atoms with Gasteiger partial charge in [0.1, 0.15) is 18.0 Å². The van der Waals surface area contributed by atoms with Crippen LogP contribution in [0.3, 0.4) is 0 Å². The van der Waals surface area contributed by atoms with Crippen molar-refractivity contribution in [2.24, 2.45) is 17.3 Å². The Hall–Kier alpha value is -2.47. The molecule has 1 saturated heterocycles. The zero-order chi connectivity index (χ0) is 19.0. The van der Waals surface area contributed by atoms with Gasteiger partial charge in [-0.1, -0.05) is 26.0 Å². The van der Waals surface area contributed by atoms with Gasteiger partial charge in [0.2, 0.25) is 11.6 Å². The van der Waals surface area contributed by atoms with Crippen LogP contribution in [0.2, 0.25) is 0 Å². The highest BCUT2D eigenvalue weighted by Crippen LogP contribution is 2.53. The lowest BCUT2D eigenvalue weighted by molar-refractivity contribution is -0.150. The van der Waals surface area contributed by atoms with E-state index in [1.165, 1.54) is 6.08 Å². The third-order valence-corrected chi connectivity index (χ3v) is 5.93. The molecule has 1 heterocycles. The second-order valence-electron chi connectivity index (χ2n) is 7.86. The number of aliphatic hydroxyl groups excluding tert-OH is 2. The van der Waals surface area contributed by atoms with Crippen molar-refractivity contribution in [2.75, 3.05) is 0 Å². The molecule has 0 radical (unpaired) electrons. The maximum atomic E-state index is 12.7. The highest BCUT2D eigenvalue weighted by atomic mass is 16.6. The highest BCUT2D eigenvalue weighted by molar-refractivity contribution is 6.51. The van der Waals surface area contributed by atoms with E-state index in [2.05, 4.69) is 0 Å². The summed E-state index contributed by atoms with van der Waals surface area (Å²) in [6.07, 6.45) is 3.31. The molecule has 0 aromatic carbocycles. The van der Waals surface area contributed by atoms with Gasteiger partial charge in [-0.3, -0.25) is 14.4 Å². The Kier molecular flexibility index (Phi) is 3.44. The fourth-order valence-electron chi connectivity index (χ4n) is 4.57. The predicted molar refractivity (Wildman–Crippen MR) is 90.9 cm³/mol. The molecular formula is C20H20O6. The zero-order valence-electron chi connectivity index (χ0n) is 14.8. The Labute approximate surface area is 150 Å². The van der Waals surface area contributed by atoms with E-state index in [-0.39, 0.29) is 28.4 Å². The molecule has 1 fully saturated rings. The molecule has 0 bridgehead atoms. The second-order valence-corrected chi connectivity index (χ2v) is 7.86. The van der Waals surface area contributed by atoms with Crippen molar-refractivity contribution in [1.82, 2.24) is 0 Å². The van der Waals surface area contributed by atoms with Crippen molar-refractivity contribution < 1.29 is 29.3 Å². The summed E-state index contributed by atoms with van der Waals surface area (Å²) >= 11 is 0. The van der Waals surface area contributed by atoms with Gasteiger partial charge >= 0.3 is 5.97 Å². The van der Waals surface area contributed by atoms with Gasteiger partial charge in [0, 0.05) is 22.6 Å². The van der Waals surface area contributed by atoms with E-state index in [1.807, 2.05) is 6.08 Å². The summed E-state index contributed by atoms with van der Waals surface area (Å²) in [4.78, 5) is 37.6. The number of ether oxygens (including phenoxy) is 1. The van der Waals surface area contributed by atoms with Crippen molar-refractivity contribution in [3.05, 3.63) is 46.3 Å². The van der Waals surface area contributed by atoms with Crippen LogP contribution >= 0.6 is 0 Å². The smallest absolute Gasteiger partial charge is 0.313 e. The number of hydrogen-bond donors (Lipinski definition) is 2. The Morgan fingerprint density at radius 3 is 2.58 bits per heavy atom. The lowest BCUT2D eigenvalue weighted by Gasteiger charge is -2.33. The van der Waals surface area contributed by atoms with Crippen LogP contribution in [0, 0.1) is 17.3 Å². The summed E-state index contributed by atoms with van der Waals surface area (Å²) in [6.45, 7) is 5.16. The van der Waals surface area contributed by atoms with Crippen molar-refractivity contribution in [2.45, 2.75) is 39.4 Å². The minimum Gasteiger partial charge on any atom is -0.507 e. The molecule has 0 amide bonds. The van der Waals surface area contributed by atoms with Crippen molar-refractivity contribution in [3.8, 4) is 0 Å². The monoisotopic (exact) mass is 356 g/mol. The van der Waals surface area contributed by atoms with Gasteiger partial charge in [-0.2, -0.15) is 0 Å². The number of Topliss-reactive ketones (excluding diaryl/α,β-unsaturated/α-hetero) is 2. The number of allylic oxidation sites excluding steroid dienone is 5. The molecule has 0 spiro atoms. The Morgan fingerprint density at radius 2 is 1.92 bits per heavy atom. The molecule has 3 aliphatic carbocycles. The number of carbonyl (C=O) groups is 3. The van der Waals surface area contributed by atoms with E-state index in [1.54, 1.807) is 26.8 Å². The lowest BCUT2D eigenvalue weighted by atomic mass is 9.67. The standard InChI is InChI=1S/C20H20O6/c1-8(2)11-15(22)12-10(14(21)16(11)23)7-9-5-4-6-20(3)13(9)18(17(12)24)26-19(20)25/h4-5,7-8,13,17-18,22,24H,6H2,1-3H3. The molecule has 0 aromatic heterocycles. The largest absolute Gasteiger partial charge is 0.507 e. The van der Waals surface area contributed by atoms with Gasteiger partial charge < -0.3 is 14.9 Å². The summed E-state index contributed by atoms with van der Waals surface area (Å²) in [6, 6.07) is 0. The van der Waals surface area contributed by atoms with Gasteiger partial charge in [0.15, 0.2) is 0 Å². The first-order chi connectivity index (χ1) is 12.2. The molecule has 2 N–H and O–H groups in total. The normalized spacial score (nSPS) is 36.1. The first kappa shape index (κ1) is 17.0. The summed E-state index contributed by atoms with van der Waals surface area (Å²) in [5.41, 5.74) is -0.234. The molecule has 4 aliphatic rings. The minimum atomic E-state index is -1.38. The van der Waals surface area contributed by atoms with Crippen LogP contribution in [0.5, 0.6) is 0 Å². The minimum absolute atomic E-state index is 0.0150. The zero-order valence-corrected chi connectivity index (χ0v) is 14.8. The van der Waals surface area contributed by atoms with Gasteiger partial charge in [0.05, 0.1) is 5.41 Å². The summed E-state index contributed by atoms with van der Waals surface area (Å²) in [5, 5.41) is 21.7. The van der Waals surface area contributed by atoms with Crippen LogP contribution < -0.4 is 0 Å². The van der Waals surface area contributed by atoms with Crippen LogP contribution in [0.25, 0.3) is 0 Å². The molecule has 26 heavy (non-hydrogen) atoms. The summed E-state index contributed by atoms with van der Waals surface area (Å²) in [5.74, 6) is -3.12. The van der Waals surface area contributed by atoms with E-state index in [9.17, 15) is 24.6 Å². The number of hydrogen-bond acceptors (Lipinski definition) is 6. The molecule has 136 valence electrons. The molecule has 0 saturated carbocycles. The van der Waals surface area contributed by atoms with E-state index < -0.39 is 41.1 Å². The predicted octanol–water partition coefficient (Wildman–Crippen LogP) is 1.71. The Morgan fingerprint density at radius 1 is 1.23 bits per heavy atom. The average molecular weight is 356 g/mol. The second kappa shape index (κ2) is 5.27. The van der Waals surface area contributed by atoms with Crippen LogP contribution in [0.4, 0.5) is 0 Å². The van der Waals surface area contributed by atoms with Crippen molar-refractivity contribution >= 4 is 17.5 Å². The van der Waals surface area contributed by atoms with Crippen LogP contribution in [-0.4, -0.2) is 40.0 Å².